The molecule has 0 saturated carbocycles. The number of benzene rings is 2. The molecule has 1 amide bonds. The molecule has 2 aliphatic rings. The third kappa shape index (κ3) is 3.45. The van der Waals surface area contributed by atoms with Crippen LogP contribution in [-0.4, -0.2) is 28.4 Å². The summed E-state index contributed by atoms with van der Waals surface area (Å²) in [5.74, 6) is -0.217. The molecule has 160 valence electrons. The van der Waals surface area contributed by atoms with E-state index in [1.807, 2.05) is 30.3 Å². The zero-order valence-corrected chi connectivity index (χ0v) is 16.6. The van der Waals surface area contributed by atoms with Gasteiger partial charge in [-0.1, -0.05) is 48.5 Å². The lowest BCUT2D eigenvalue weighted by Crippen LogP contribution is -2.38. The van der Waals surface area contributed by atoms with Crippen molar-refractivity contribution in [1.82, 2.24) is 9.78 Å². The summed E-state index contributed by atoms with van der Waals surface area (Å²) < 4.78 is 42.6. The van der Waals surface area contributed by atoms with Gasteiger partial charge in [-0.05, 0) is 30.0 Å². The minimum Gasteiger partial charge on any atom is -0.363 e. The van der Waals surface area contributed by atoms with E-state index in [4.69, 9.17) is 0 Å². The van der Waals surface area contributed by atoms with Gasteiger partial charge in [0, 0.05) is 18.7 Å². The Morgan fingerprint density at radius 1 is 1.06 bits per heavy atom. The summed E-state index contributed by atoms with van der Waals surface area (Å²) >= 11 is 0. The fourth-order valence-corrected chi connectivity index (χ4v) is 4.51. The quantitative estimate of drug-likeness (QED) is 0.618. The maximum absolute atomic E-state index is 13.9. The molecule has 0 radical (unpaired) electrons. The number of nitrogens with one attached hydrogen (secondary N) is 1. The minimum atomic E-state index is -4.48. The van der Waals surface area contributed by atoms with E-state index in [0.29, 0.717) is 6.54 Å². The molecule has 0 fully saturated rings. The first-order valence-corrected chi connectivity index (χ1v) is 10.3. The van der Waals surface area contributed by atoms with Gasteiger partial charge in [0.25, 0.3) is 5.91 Å². The third-order valence-corrected chi connectivity index (χ3v) is 6.03. The Labute approximate surface area is 177 Å². The molecule has 5 rings (SSSR count). The molecule has 0 aliphatic carbocycles. The topological polar surface area (TPSA) is 50.2 Å². The first-order valence-electron chi connectivity index (χ1n) is 10.3. The number of halogens is 3. The standard InChI is InChI=1S/C23H21F3N4O/c24-23(25,26)20-13-18(15-7-2-1-3-8-15)28-21-17(14-27-30(20)21)22(31)29-12-6-10-16-9-4-5-11-19(16)29/h1-5,7-9,11,14,18,20,28H,6,10,12-13H2. The Morgan fingerprint density at radius 3 is 2.58 bits per heavy atom. The van der Waals surface area contributed by atoms with Gasteiger partial charge in [0.1, 0.15) is 11.4 Å². The van der Waals surface area contributed by atoms with Crippen LogP contribution in [0.5, 0.6) is 0 Å². The van der Waals surface area contributed by atoms with Gasteiger partial charge in [0.05, 0.1) is 12.2 Å². The SMILES string of the molecule is O=C(c1cnn2c1NC(c1ccccc1)CC2C(F)(F)F)N1CCCc2ccccc21. The number of nitrogens with zero attached hydrogens (tertiary/aromatic N) is 3. The molecule has 3 heterocycles. The lowest BCUT2D eigenvalue weighted by molar-refractivity contribution is -0.173. The Morgan fingerprint density at radius 2 is 1.81 bits per heavy atom. The van der Waals surface area contributed by atoms with Crippen molar-refractivity contribution in [3.8, 4) is 0 Å². The number of amides is 1. The van der Waals surface area contributed by atoms with Crippen LogP contribution in [0.15, 0.2) is 60.8 Å². The normalized spacial score (nSPS) is 20.5. The van der Waals surface area contributed by atoms with Crippen molar-refractivity contribution in [1.29, 1.82) is 0 Å². The van der Waals surface area contributed by atoms with Crippen molar-refractivity contribution in [2.24, 2.45) is 0 Å². The number of alkyl halides is 3. The Bertz CT molecular complexity index is 1110. The number of anilines is 2. The smallest absolute Gasteiger partial charge is 0.363 e. The van der Waals surface area contributed by atoms with Gasteiger partial charge < -0.3 is 10.2 Å². The van der Waals surface area contributed by atoms with Crippen molar-refractivity contribution in [2.75, 3.05) is 16.8 Å². The molecule has 31 heavy (non-hydrogen) atoms. The van der Waals surface area contributed by atoms with Crippen LogP contribution in [0.4, 0.5) is 24.7 Å². The molecule has 0 spiro atoms. The van der Waals surface area contributed by atoms with Crippen LogP contribution >= 0.6 is 0 Å². The molecule has 2 aliphatic heterocycles. The third-order valence-electron chi connectivity index (χ3n) is 6.03. The lowest BCUT2D eigenvalue weighted by atomic mass is 9.96. The molecular weight excluding hydrogens is 405 g/mol. The number of para-hydroxylation sites is 1. The molecule has 8 heteroatoms. The van der Waals surface area contributed by atoms with Gasteiger partial charge in [-0.2, -0.15) is 18.3 Å². The second-order valence-corrected chi connectivity index (χ2v) is 7.94. The van der Waals surface area contributed by atoms with Gasteiger partial charge in [-0.25, -0.2) is 4.68 Å². The van der Waals surface area contributed by atoms with E-state index >= 15 is 0 Å². The average molecular weight is 426 g/mol. The molecule has 2 aromatic carbocycles. The van der Waals surface area contributed by atoms with E-state index < -0.39 is 18.3 Å². The largest absolute Gasteiger partial charge is 0.410 e. The van der Waals surface area contributed by atoms with E-state index in [0.717, 1.165) is 34.3 Å². The van der Waals surface area contributed by atoms with Crippen LogP contribution in [0.3, 0.4) is 0 Å². The van der Waals surface area contributed by atoms with Gasteiger partial charge in [0.2, 0.25) is 0 Å². The van der Waals surface area contributed by atoms with E-state index in [9.17, 15) is 18.0 Å². The number of carbonyl (C=O) groups is 1. The van der Waals surface area contributed by atoms with E-state index in [2.05, 4.69) is 10.4 Å². The van der Waals surface area contributed by atoms with E-state index in [1.54, 1.807) is 29.2 Å². The van der Waals surface area contributed by atoms with Crippen molar-refractivity contribution >= 4 is 17.4 Å². The number of fused-ring (bicyclic) bond motifs is 2. The van der Waals surface area contributed by atoms with Crippen LogP contribution in [0, 0.1) is 0 Å². The molecule has 2 atom stereocenters. The average Bonchev–Trinajstić information content (AvgIpc) is 3.21. The van der Waals surface area contributed by atoms with Crippen molar-refractivity contribution in [3.63, 3.8) is 0 Å². The highest BCUT2D eigenvalue weighted by Gasteiger charge is 2.47. The number of hydrogen-bond donors (Lipinski definition) is 1. The monoisotopic (exact) mass is 426 g/mol. The number of carbonyl (C=O) groups excluding carboxylic acids is 1. The summed E-state index contributed by atoms with van der Waals surface area (Å²) in [6, 6.07) is 14.3. The highest BCUT2D eigenvalue weighted by Crippen LogP contribution is 2.44. The lowest BCUT2D eigenvalue weighted by Gasteiger charge is -2.34. The fourth-order valence-electron chi connectivity index (χ4n) is 4.51. The zero-order chi connectivity index (χ0) is 21.6. The highest BCUT2D eigenvalue weighted by atomic mass is 19.4. The Kier molecular flexibility index (Phi) is 4.72. The molecule has 0 bridgehead atoms. The molecular formula is C23H21F3N4O. The van der Waals surface area contributed by atoms with Crippen molar-refractivity contribution in [3.05, 3.63) is 77.5 Å². The number of aromatic nitrogens is 2. The predicted molar refractivity (Wildman–Crippen MR) is 111 cm³/mol. The zero-order valence-electron chi connectivity index (χ0n) is 16.6. The molecule has 5 nitrogen and oxygen atoms in total. The number of rotatable bonds is 2. The second kappa shape index (κ2) is 7.44. The van der Waals surface area contributed by atoms with Crippen LogP contribution in [0.1, 0.15) is 46.4 Å². The maximum Gasteiger partial charge on any atom is 0.410 e. The van der Waals surface area contributed by atoms with Gasteiger partial charge in [0.15, 0.2) is 6.04 Å². The minimum absolute atomic E-state index is 0.121. The summed E-state index contributed by atoms with van der Waals surface area (Å²) in [6.45, 7) is 0.519. The Balaban J connectivity index is 1.55. The van der Waals surface area contributed by atoms with Gasteiger partial charge in [-0.15, -0.1) is 0 Å². The molecule has 1 aromatic heterocycles. The fraction of sp³-hybridized carbons (Fsp3) is 0.304. The summed E-state index contributed by atoms with van der Waals surface area (Å²) in [4.78, 5) is 15.1. The Hall–Kier alpha value is -3.29. The first kappa shape index (κ1) is 19.7. The molecule has 3 aromatic rings. The summed E-state index contributed by atoms with van der Waals surface area (Å²) in [6.07, 6.45) is -1.74. The maximum atomic E-state index is 13.9. The number of hydrogen-bond acceptors (Lipinski definition) is 3. The van der Waals surface area contributed by atoms with E-state index in [1.165, 1.54) is 6.20 Å². The summed E-state index contributed by atoms with van der Waals surface area (Å²) in [7, 11) is 0. The predicted octanol–water partition coefficient (Wildman–Crippen LogP) is 5.14. The molecule has 0 saturated heterocycles. The van der Waals surface area contributed by atoms with Crippen molar-refractivity contribution < 1.29 is 18.0 Å². The highest BCUT2D eigenvalue weighted by molar-refractivity contribution is 6.09. The molecule has 1 N–H and O–H groups in total. The van der Waals surface area contributed by atoms with Crippen LogP contribution in [0.2, 0.25) is 0 Å². The van der Waals surface area contributed by atoms with Gasteiger partial charge in [-0.3, -0.25) is 4.79 Å². The molecule has 2 unspecified atom stereocenters. The van der Waals surface area contributed by atoms with Crippen LogP contribution in [-0.2, 0) is 6.42 Å². The van der Waals surface area contributed by atoms with E-state index in [-0.39, 0.29) is 23.7 Å². The van der Waals surface area contributed by atoms with Crippen LogP contribution in [0.25, 0.3) is 0 Å². The second-order valence-electron chi connectivity index (χ2n) is 7.94. The van der Waals surface area contributed by atoms with Gasteiger partial charge >= 0.3 is 6.18 Å². The summed E-state index contributed by atoms with van der Waals surface area (Å²) in [5.41, 5.74) is 2.77. The van der Waals surface area contributed by atoms with Crippen LogP contribution < -0.4 is 10.2 Å². The summed E-state index contributed by atoms with van der Waals surface area (Å²) in [5, 5.41) is 7.15. The number of aryl methyl sites for hydroxylation is 1. The van der Waals surface area contributed by atoms with Crippen molar-refractivity contribution in [2.45, 2.75) is 37.5 Å². The first-order chi connectivity index (χ1) is 14.9.